The molecule has 2 aliphatic rings. The molecule has 4 atom stereocenters. The Labute approximate surface area is 182 Å². The fourth-order valence-electron chi connectivity index (χ4n) is 4.10. The molecule has 0 aromatic heterocycles. The minimum atomic E-state index is -0.402. The van der Waals surface area contributed by atoms with Crippen molar-refractivity contribution in [3.63, 3.8) is 0 Å². The zero-order valence-corrected chi connectivity index (χ0v) is 18.2. The fourth-order valence-corrected chi connectivity index (χ4v) is 4.10. The topological polar surface area (TPSA) is 90.1 Å². The lowest BCUT2D eigenvalue weighted by Crippen LogP contribution is -2.45. The van der Waals surface area contributed by atoms with Crippen LogP contribution in [-0.4, -0.2) is 39.4 Å². The molecule has 1 saturated heterocycles. The summed E-state index contributed by atoms with van der Waals surface area (Å²) in [5, 5.41) is 3.10. The van der Waals surface area contributed by atoms with Crippen LogP contribution in [0.1, 0.15) is 37.1 Å². The Bertz CT molecular complexity index is 951. The van der Waals surface area contributed by atoms with Crippen LogP contribution in [0.25, 0.3) is 0 Å². The van der Waals surface area contributed by atoms with E-state index in [1.807, 2.05) is 50.2 Å². The molecule has 2 aromatic carbocycles. The van der Waals surface area contributed by atoms with E-state index in [2.05, 4.69) is 16.2 Å². The van der Waals surface area contributed by atoms with Gasteiger partial charge in [0.25, 0.3) is 0 Å². The fraction of sp³-hybridized carbons (Fsp3) is 0.435. The average Bonchev–Trinajstić information content (AvgIpc) is 3.19. The molecular formula is C23H29N3O5. The maximum absolute atomic E-state index is 13.1. The molecule has 2 aliphatic heterocycles. The van der Waals surface area contributed by atoms with Gasteiger partial charge >= 0.3 is 0 Å². The van der Waals surface area contributed by atoms with Crippen LogP contribution in [-0.2, 0) is 4.79 Å². The van der Waals surface area contributed by atoms with Gasteiger partial charge in [0.2, 0.25) is 5.91 Å². The second kappa shape index (κ2) is 9.03. The SMILES string of the molecule is COc1ccc(OC)c(C2NNC(C(=O)NC(C)c3ccc4c(c3)OCCO4)C2C)c1. The summed E-state index contributed by atoms with van der Waals surface area (Å²) in [7, 11) is 3.27. The predicted molar refractivity (Wildman–Crippen MR) is 116 cm³/mol. The summed E-state index contributed by atoms with van der Waals surface area (Å²) in [6, 6.07) is 10.7. The summed E-state index contributed by atoms with van der Waals surface area (Å²) in [6.07, 6.45) is 0. The van der Waals surface area contributed by atoms with Gasteiger partial charge in [0, 0.05) is 11.5 Å². The first-order valence-electron chi connectivity index (χ1n) is 10.4. The Morgan fingerprint density at radius 1 is 1.06 bits per heavy atom. The Kier molecular flexibility index (Phi) is 6.20. The quantitative estimate of drug-likeness (QED) is 0.653. The van der Waals surface area contributed by atoms with Crippen molar-refractivity contribution in [2.45, 2.75) is 32.0 Å². The van der Waals surface area contributed by atoms with Gasteiger partial charge in [-0.2, -0.15) is 0 Å². The minimum Gasteiger partial charge on any atom is -0.497 e. The number of methoxy groups -OCH3 is 2. The number of hydrazine groups is 1. The maximum atomic E-state index is 13.1. The van der Waals surface area contributed by atoms with Crippen molar-refractivity contribution in [1.29, 1.82) is 0 Å². The van der Waals surface area contributed by atoms with Crippen LogP contribution < -0.4 is 35.1 Å². The molecule has 0 bridgehead atoms. The predicted octanol–water partition coefficient (Wildman–Crippen LogP) is 2.51. The summed E-state index contributed by atoms with van der Waals surface area (Å²) in [5.41, 5.74) is 8.30. The van der Waals surface area contributed by atoms with Crippen LogP contribution >= 0.6 is 0 Å². The van der Waals surface area contributed by atoms with Crippen molar-refractivity contribution >= 4 is 5.91 Å². The third-order valence-corrected chi connectivity index (χ3v) is 5.93. The molecule has 0 aliphatic carbocycles. The molecule has 2 aromatic rings. The van der Waals surface area contributed by atoms with Crippen LogP contribution in [0.15, 0.2) is 36.4 Å². The molecule has 8 nitrogen and oxygen atoms in total. The van der Waals surface area contributed by atoms with Crippen LogP contribution in [0.5, 0.6) is 23.0 Å². The number of rotatable bonds is 6. The van der Waals surface area contributed by atoms with E-state index in [1.165, 1.54) is 0 Å². The zero-order chi connectivity index (χ0) is 22.0. The lowest BCUT2D eigenvalue weighted by Gasteiger charge is -2.23. The van der Waals surface area contributed by atoms with Crippen molar-refractivity contribution < 1.29 is 23.7 Å². The molecular weight excluding hydrogens is 398 g/mol. The van der Waals surface area contributed by atoms with Crippen molar-refractivity contribution in [3.8, 4) is 23.0 Å². The summed E-state index contributed by atoms with van der Waals surface area (Å²) in [6.45, 7) is 5.08. The second-order valence-corrected chi connectivity index (χ2v) is 7.84. The standard InChI is InChI=1S/C23H29N3O5/c1-13-21(17-12-16(28-3)6-8-18(17)29-4)25-26-22(13)23(27)24-14(2)15-5-7-19-20(11-15)31-10-9-30-19/h5-8,11-14,21-22,25-26H,9-10H2,1-4H3,(H,24,27). The highest BCUT2D eigenvalue weighted by molar-refractivity contribution is 5.83. The van der Waals surface area contributed by atoms with Gasteiger partial charge < -0.3 is 24.3 Å². The van der Waals surface area contributed by atoms with E-state index >= 15 is 0 Å². The van der Waals surface area contributed by atoms with Gasteiger partial charge in [0.05, 0.1) is 26.3 Å². The first-order valence-corrected chi connectivity index (χ1v) is 10.4. The number of ether oxygens (including phenoxy) is 4. The van der Waals surface area contributed by atoms with E-state index in [9.17, 15) is 4.79 Å². The van der Waals surface area contributed by atoms with E-state index < -0.39 is 6.04 Å². The van der Waals surface area contributed by atoms with E-state index in [4.69, 9.17) is 18.9 Å². The highest BCUT2D eigenvalue weighted by Crippen LogP contribution is 2.37. The Hall–Kier alpha value is -2.97. The molecule has 166 valence electrons. The summed E-state index contributed by atoms with van der Waals surface area (Å²) >= 11 is 0. The monoisotopic (exact) mass is 427 g/mol. The maximum Gasteiger partial charge on any atom is 0.239 e. The summed E-state index contributed by atoms with van der Waals surface area (Å²) in [4.78, 5) is 13.1. The van der Waals surface area contributed by atoms with Gasteiger partial charge in [-0.1, -0.05) is 13.0 Å². The van der Waals surface area contributed by atoms with Crippen molar-refractivity contribution in [2.24, 2.45) is 5.92 Å². The summed E-state index contributed by atoms with van der Waals surface area (Å²) < 4.78 is 22.1. The molecule has 0 spiro atoms. The van der Waals surface area contributed by atoms with Gasteiger partial charge in [0.15, 0.2) is 11.5 Å². The lowest BCUT2D eigenvalue weighted by molar-refractivity contribution is -0.124. The highest BCUT2D eigenvalue weighted by atomic mass is 16.6. The Morgan fingerprint density at radius 2 is 1.84 bits per heavy atom. The first-order chi connectivity index (χ1) is 15.0. The van der Waals surface area contributed by atoms with E-state index in [0.29, 0.717) is 19.0 Å². The number of hydrogen-bond donors (Lipinski definition) is 3. The van der Waals surface area contributed by atoms with Crippen molar-refractivity contribution in [3.05, 3.63) is 47.5 Å². The number of fused-ring (bicyclic) bond motifs is 1. The van der Waals surface area contributed by atoms with Crippen molar-refractivity contribution in [1.82, 2.24) is 16.2 Å². The van der Waals surface area contributed by atoms with Crippen LogP contribution in [0.2, 0.25) is 0 Å². The van der Waals surface area contributed by atoms with Gasteiger partial charge in [-0.05, 0) is 42.8 Å². The number of amides is 1. The summed E-state index contributed by atoms with van der Waals surface area (Å²) in [5.74, 6) is 2.84. The van der Waals surface area contributed by atoms with Crippen molar-refractivity contribution in [2.75, 3.05) is 27.4 Å². The average molecular weight is 428 g/mol. The second-order valence-electron chi connectivity index (χ2n) is 7.84. The largest absolute Gasteiger partial charge is 0.497 e. The molecule has 4 unspecified atom stereocenters. The molecule has 1 amide bonds. The molecule has 2 heterocycles. The van der Waals surface area contributed by atoms with Crippen LogP contribution in [0, 0.1) is 5.92 Å². The molecule has 0 saturated carbocycles. The normalized spacial score (nSPS) is 23.2. The number of benzene rings is 2. The van der Waals surface area contributed by atoms with Gasteiger partial charge in [-0.25, -0.2) is 10.9 Å². The number of carbonyl (C=O) groups excluding carboxylic acids is 1. The van der Waals surface area contributed by atoms with E-state index in [-0.39, 0.29) is 23.9 Å². The van der Waals surface area contributed by atoms with Crippen LogP contribution in [0.3, 0.4) is 0 Å². The third kappa shape index (κ3) is 4.26. The molecule has 4 rings (SSSR count). The smallest absolute Gasteiger partial charge is 0.239 e. The number of hydrogen-bond acceptors (Lipinski definition) is 7. The van der Waals surface area contributed by atoms with Gasteiger partial charge in [0.1, 0.15) is 30.8 Å². The van der Waals surface area contributed by atoms with E-state index in [0.717, 1.165) is 28.4 Å². The third-order valence-electron chi connectivity index (χ3n) is 5.93. The molecule has 3 N–H and O–H groups in total. The minimum absolute atomic E-state index is 0.0199. The van der Waals surface area contributed by atoms with Crippen LogP contribution in [0.4, 0.5) is 0 Å². The molecule has 1 fully saturated rings. The Morgan fingerprint density at radius 3 is 2.58 bits per heavy atom. The number of nitrogens with one attached hydrogen (secondary N) is 3. The van der Waals surface area contributed by atoms with Gasteiger partial charge in [-0.15, -0.1) is 0 Å². The molecule has 31 heavy (non-hydrogen) atoms. The Balaban J connectivity index is 1.45. The number of carbonyl (C=O) groups is 1. The van der Waals surface area contributed by atoms with Gasteiger partial charge in [-0.3, -0.25) is 4.79 Å². The highest BCUT2D eigenvalue weighted by Gasteiger charge is 2.39. The first kappa shape index (κ1) is 21.3. The van der Waals surface area contributed by atoms with E-state index in [1.54, 1.807) is 14.2 Å². The lowest BCUT2D eigenvalue weighted by atomic mass is 9.90. The molecule has 8 heteroatoms. The molecule has 0 radical (unpaired) electrons. The zero-order valence-electron chi connectivity index (χ0n) is 18.2.